The minimum absolute atomic E-state index is 0.0948. The molecular weight excluding hydrogens is 714 g/mol. The number of rotatable bonds is 8. The Morgan fingerprint density at radius 2 is 0.625 bits per heavy atom. The number of nitriles is 1. The molecule has 4 aliphatic heterocycles. The number of nitrogens with zero attached hydrogens (tertiary/aromatic N) is 5. The number of benzene rings is 1. The first-order valence-electron chi connectivity index (χ1n) is 20.4. The van der Waals surface area contributed by atoms with Crippen LogP contribution in [0.3, 0.4) is 0 Å². The molecular formula is C43H69N5O8. The second-order valence-corrected chi connectivity index (χ2v) is 22.3. The van der Waals surface area contributed by atoms with Gasteiger partial charge in [-0.2, -0.15) is 5.26 Å². The van der Waals surface area contributed by atoms with Gasteiger partial charge >= 0.3 is 0 Å². The summed E-state index contributed by atoms with van der Waals surface area (Å²) in [6.45, 7) is 30.4. The van der Waals surface area contributed by atoms with Crippen LogP contribution in [0.2, 0.25) is 0 Å². The molecule has 4 fully saturated rings. The molecule has 13 nitrogen and oxygen atoms in total. The van der Waals surface area contributed by atoms with Gasteiger partial charge in [0.05, 0.1) is 0 Å². The molecule has 5 rings (SSSR count). The highest BCUT2D eigenvalue weighted by Gasteiger charge is 2.52. The third kappa shape index (κ3) is 8.64. The SMILES string of the molecule is CC1(C)CC(Oc2cc(OC3CC(C)(C)N([O])C(C)(C)C3)c(OC3CC(C)(C)N([O])C(C)(C)C3)c(C#N)c2OC2CC(C)(C)N([O])C(C)(C)C2)CC(C)(C)N1[O]. The fraction of sp³-hybridized carbons (Fsp3) is 0.837. The molecule has 0 unspecified atom stereocenters. The van der Waals surface area contributed by atoms with Crippen LogP contribution < -0.4 is 18.9 Å². The Balaban J connectivity index is 1.69. The normalized spacial score (nSPS) is 28.3. The minimum atomic E-state index is -0.753. The zero-order valence-electron chi connectivity index (χ0n) is 37.0. The van der Waals surface area contributed by atoms with E-state index in [2.05, 4.69) is 6.07 Å². The zero-order valence-corrected chi connectivity index (χ0v) is 37.0. The molecule has 0 N–H and O–H groups in total. The lowest BCUT2D eigenvalue weighted by Crippen LogP contribution is -2.60. The summed E-state index contributed by atoms with van der Waals surface area (Å²) >= 11 is 0. The van der Waals surface area contributed by atoms with Gasteiger partial charge in [-0.25, -0.2) is 0 Å². The summed E-state index contributed by atoms with van der Waals surface area (Å²) in [7, 11) is 0. The summed E-state index contributed by atoms with van der Waals surface area (Å²) in [5.41, 5.74) is -5.85. The molecule has 4 aliphatic rings. The Morgan fingerprint density at radius 3 is 0.821 bits per heavy atom. The molecule has 0 saturated carbocycles. The second kappa shape index (κ2) is 14.4. The molecule has 0 bridgehead atoms. The first-order chi connectivity index (χ1) is 25.2. The predicted molar refractivity (Wildman–Crippen MR) is 208 cm³/mol. The molecule has 0 atom stereocenters. The fourth-order valence-corrected chi connectivity index (χ4v) is 10.8. The molecule has 0 aliphatic carbocycles. The molecule has 13 heteroatoms. The smallest absolute Gasteiger partial charge is 0.183 e. The van der Waals surface area contributed by atoms with Crippen LogP contribution in [0.5, 0.6) is 23.0 Å². The van der Waals surface area contributed by atoms with Gasteiger partial charge in [0.25, 0.3) is 0 Å². The van der Waals surface area contributed by atoms with Crippen LogP contribution in [-0.4, -0.2) is 89.0 Å². The van der Waals surface area contributed by atoms with Gasteiger partial charge in [0.1, 0.15) is 36.0 Å². The topological polar surface area (TPSA) is 153 Å². The summed E-state index contributed by atoms with van der Waals surface area (Å²) in [4.78, 5) is 0. The van der Waals surface area contributed by atoms with Crippen molar-refractivity contribution in [3.63, 3.8) is 0 Å². The Hall–Kier alpha value is -2.41. The monoisotopic (exact) mass is 784 g/mol. The van der Waals surface area contributed by atoms with Gasteiger partial charge in [0, 0.05) is 102 Å². The van der Waals surface area contributed by atoms with E-state index in [1.165, 1.54) is 0 Å². The molecule has 1 aromatic rings. The van der Waals surface area contributed by atoms with Crippen LogP contribution in [0, 0.1) is 11.3 Å². The molecule has 4 heterocycles. The van der Waals surface area contributed by atoms with E-state index in [0.29, 0.717) is 51.4 Å². The second-order valence-electron chi connectivity index (χ2n) is 22.3. The van der Waals surface area contributed by atoms with Crippen LogP contribution in [-0.2, 0) is 20.8 Å². The maximum absolute atomic E-state index is 13.4. The Kier molecular flexibility index (Phi) is 11.5. The van der Waals surface area contributed by atoms with Gasteiger partial charge < -0.3 is 18.9 Å². The van der Waals surface area contributed by atoms with Gasteiger partial charge in [-0.3, -0.25) is 0 Å². The number of hydrogen-bond donors (Lipinski definition) is 0. The maximum Gasteiger partial charge on any atom is 0.183 e. The summed E-state index contributed by atoms with van der Waals surface area (Å²) in [6.07, 6.45) is 1.54. The molecule has 56 heavy (non-hydrogen) atoms. The van der Waals surface area contributed by atoms with Crippen LogP contribution in [0.4, 0.5) is 0 Å². The number of piperidine rings is 4. The quantitative estimate of drug-likeness (QED) is 0.252. The lowest BCUT2D eigenvalue weighted by atomic mass is 9.80. The van der Waals surface area contributed by atoms with Crippen molar-refractivity contribution in [3.05, 3.63) is 11.6 Å². The lowest BCUT2D eigenvalue weighted by molar-refractivity contribution is -0.298. The van der Waals surface area contributed by atoms with Crippen LogP contribution in [0.25, 0.3) is 0 Å². The molecule has 4 radical (unpaired) electrons. The van der Waals surface area contributed by atoms with E-state index in [9.17, 15) is 26.1 Å². The lowest BCUT2D eigenvalue weighted by Gasteiger charge is -2.50. The van der Waals surface area contributed by atoms with Gasteiger partial charge in [0.2, 0.25) is 0 Å². The highest BCUT2D eigenvalue weighted by Crippen LogP contribution is 2.52. The van der Waals surface area contributed by atoms with E-state index in [0.717, 1.165) is 20.3 Å². The van der Waals surface area contributed by atoms with E-state index >= 15 is 0 Å². The van der Waals surface area contributed by atoms with E-state index in [4.69, 9.17) is 18.9 Å². The molecule has 314 valence electrons. The predicted octanol–water partition coefficient (Wildman–Crippen LogP) is 8.54. The standard InChI is InChI=1S/C43H69N5O8/c1-36(2)18-27(19-37(3,4)45(36)49)53-32-17-33(54-28-20-38(5,6)46(50)39(7,8)21-28)35(56-30-24-42(13,14)48(52)43(15,16)25-30)31(26-44)34(32)55-29-22-40(9,10)47(51)41(11,12)23-29/h17,27-30H,18-25H2,1-16H3. The van der Waals surface area contributed by atoms with Crippen molar-refractivity contribution >= 4 is 0 Å². The summed E-state index contributed by atoms with van der Waals surface area (Å²) in [5.74, 6) is 0.964. The van der Waals surface area contributed by atoms with Gasteiger partial charge in [0.15, 0.2) is 23.0 Å². The molecule has 0 amide bonds. The number of hydroxylamine groups is 8. The summed E-state index contributed by atoms with van der Waals surface area (Å²) in [6, 6.07) is 4.15. The van der Waals surface area contributed by atoms with Crippen molar-refractivity contribution in [2.45, 2.75) is 231 Å². The Bertz CT molecular complexity index is 1480. The zero-order chi connectivity index (χ0) is 42.4. The highest BCUT2D eigenvalue weighted by molar-refractivity contribution is 5.66. The van der Waals surface area contributed by atoms with Crippen molar-refractivity contribution in [2.75, 3.05) is 0 Å². The largest absolute Gasteiger partial charge is 0.486 e. The third-order valence-electron chi connectivity index (χ3n) is 12.6. The van der Waals surface area contributed by atoms with E-state index in [1.54, 1.807) is 6.07 Å². The van der Waals surface area contributed by atoms with Gasteiger partial charge in [-0.15, -0.1) is 41.1 Å². The molecule has 4 saturated heterocycles. The minimum Gasteiger partial charge on any atom is -0.486 e. The average molecular weight is 784 g/mol. The maximum atomic E-state index is 13.4. The Morgan fingerprint density at radius 1 is 0.429 bits per heavy atom. The fourth-order valence-electron chi connectivity index (χ4n) is 10.8. The molecule has 0 aromatic heterocycles. The van der Waals surface area contributed by atoms with Crippen LogP contribution in [0.1, 0.15) is 168 Å². The van der Waals surface area contributed by atoms with Crippen molar-refractivity contribution in [1.29, 1.82) is 5.26 Å². The van der Waals surface area contributed by atoms with Crippen molar-refractivity contribution < 1.29 is 39.8 Å². The van der Waals surface area contributed by atoms with Gasteiger partial charge in [-0.1, -0.05) is 0 Å². The van der Waals surface area contributed by atoms with E-state index < -0.39 is 68.7 Å². The summed E-state index contributed by atoms with van der Waals surface area (Å²) in [5, 5.41) is 69.3. The van der Waals surface area contributed by atoms with Crippen molar-refractivity contribution in [1.82, 2.24) is 20.3 Å². The van der Waals surface area contributed by atoms with Gasteiger partial charge in [-0.05, 0) is 111 Å². The van der Waals surface area contributed by atoms with E-state index in [1.807, 2.05) is 111 Å². The molecule has 0 spiro atoms. The van der Waals surface area contributed by atoms with E-state index in [-0.39, 0.29) is 28.6 Å². The third-order valence-corrected chi connectivity index (χ3v) is 12.6. The average Bonchev–Trinajstić information content (AvgIpc) is 3.01. The Labute approximate surface area is 336 Å². The first-order valence-corrected chi connectivity index (χ1v) is 20.4. The van der Waals surface area contributed by atoms with Crippen molar-refractivity contribution in [3.8, 4) is 29.1 Å². The number of ether oxygens (including phenoxy) is 4. The highest BCUT2D eigenvalue weighted by atomic mass is 16.6. The van der Waals surface area contributed by atoms with Crippen molar-refractivity contribution in [2.24, 2.45) is 0 Å². The van der Waals surface area contributed by atoms with Crippen LogP contribution in [0.15, 0.2) is 6.07 Å². The number of hydrogen-bond acceptors (Lipinski definition) is 9. The molecule has 1 aromatic carbocycles. The summed E-state index contributed by atoms with van der Waals surface area (Å²) < 4.78 is 27.7. The first kappa shape index (κ1) is 44.7. The van der Waals surface area contributed by atoms with Crippen LogP contribution >= 0.6 is 0 Å².